The SMILES string of the molecule is CCn1c(CNc2ccc(Br)cc2Cl)nc2ccccc21. The minimum atomic E-state index is 0.643. The van der Waals surface area contributed by atoms with Gasteiger partial charge >= 0.3 is 0 Å². The van der Waals surface area contributed by atoms with Gasteiger partial charge in [0.2, 0.25) is 0 Å². The monoisotopic (exact) mass is 363 g/mol. The van der Waals surface area contributed by atoms with Crippen LogP contribution in [0.15, 0.2) is 46.9 Å². The van der Waals surface area contributed by atoms with Crippen LogP contribution >= 0.6 is 27.5 Å². The summed E-state index contributed by atoms with van der Waals surface area (Å²) in [6.07, 6.45) is 0. The van der Waals surface area contributed by atoms with E-state index in [-0.39, 0.29) is 0 Å². The Balaban J connectivity index is 1.88. The smallest absolute Gasteiger partial charge is 0.129 e. The zero-order valence-electron chi connectivity index (χ0n) is 11.6. The van der Waals surface area contributed by atoms with Crippen LogP contribution in [0.1, 0.15) is 12.7 Å². The van der Waals surface area contributed by atoms with E-state index in [0.29, 0.717) is 11.6 Å². The van der Waals surface area contributed by atoms with Gasteiger partial charge in [-0.25, -0.2) is 4.98 Å². The number of imidazole rings is 1. The predicted molar refractivity (Wildman–Crippen MR) is 91.9 cm³/mol. The summed E-state index contributed by atoms with van der Waals surface area (Å²) in [6.45, 7) is 3.67. The number of halogens is 2. The Bertz CT molecular complexity index is 782. The normalized spacial score (nSPS) is 11.0. The van der Waals surface area contributed by atoms with E-state index < -0.39 is 0 Å². The topological polar surface area (TPSA) is 29.9 Å². The van der Waals surface area contributed by atoms with Gasteiger partial charge in [-0.1, -0.05) is 39.7 Å². The van der Waals surface area contributed by atoms with Crippen LogP contribution in [-0.2, 0) is 13.1 Å². The van der Waals surface area contributed by atoms with E-state index in [4.69, 9.17) is 16.6 Å². The van der Waals surface area contributed by atoms with Crippen LogP contribution in [0.25, 0.3) is 11.0 Å². The highest BCUT2D eigenvalue weighted by molar-refractivity contribution is 9.10. The zero-order chi connectivity index (χ0) is 14.8. The standard InChI is InChI=1S/C16H15BrClN3/c1-2-21-15-6-4-3-5-14(15)20-16(21)10-19-13-8-7-11(17)9-12(13)18/h3-9,19H,2,10H2,1H3. The van der Waals surface area contributed by atoms with Crippen molar-refractivity contribution in [2.75, 3.05) is 5.32 Å². The summed E-state index contributed by atoms with van der Waals surface area (Å²) in [7, 11) is 0. The fourth-order valence-corrected chi connectivity index (χ4v) is 3.16. The fraction of sp³-hybridized carbons (Fsp3) is 0.188. The molecule has 0 aliphatic rings. The summed E-state index contributed by atoms with van der Waals surface area (Å²) < 4.78 is 3.19. The van der Waals surface area contributed by atoms with Gasteiger partial charge in [0.1, 0.15) is 5.82 Å². The lowest BCUT2D eigenvalue weighted by molar-refractivity contribution is 0.729. The molecule has 0 fully saturated rings. The first-order valence-corrected chi connectivity index (χ1v) is 7.99. The minimum Gasteiger partial charge on any atom is -0.377 e. The lowest BCUT2D eigenvalue weighted by Crippen LogP contribution is -2.08. The number of nitrogens with zero attached hydrogens (tertiary/aromatic N) is 2. The molecule has 0 spiro atoms. The lowest BCUT2D eigenvalue weighted by atomic mass is 10.3. The fourth-order valence-electron chi connectivity index (χ4n) is 2.42. The van der Waals surface area contributed by atoms with E-state index in [1.165, 1.54) is 5.52 Å². The second kappa shape index (κ2) is 6.08. The average molecular weight is 365 g/mol. The molecule has 0 amide bonds. The van der Waals surface area contributed by atoms with Gasteiger partial charge in [0, 0.05) is 11.0 Å². The Labute approximate surface area is 137 Å². The molecule has 5 heteroatoms. The zero-order valence-corrected chi connectivity index (χ0v) is 13.9. The molecule has 0 saturated heterocycles. The first-order chi connectivity index (χ1) is 10.2. The maximum atomic E-state index is 6.23. The summed E-state index contributed by atoms with van der Waals surface area (Å²) >= 11 is 9.64. The molecule has 0 radical (unpaired) electrons. The van der Waals surface area contributed by atoms with Crippen molar-refractivity contribution in [2.24, 2.45) is 0 Å². The van der Waals surface area contributed by atoms with Crippen molar-refractivity contribution in [3.8, 4) is 0 Å². The van der Waals surface area contributed by atoms with E-state index in [2.05, 4.69) is 38.8 Å². The highest BCUT2D eigenvalue weighted by atomic mass is 79.9. The van der Waals surface area contributed by atoms with Crippen molar-refractivity contribution >= 4 is 44.3 Å². The Morgan fingerprint density at radius 2 is 2.05 bits per heavy atom. The van der Waals surface area contributed by atoms with Gasteiger partial charge in [0.05, 0.1) is 28.3 Å². The van der Waals surface area contributed by atoms with E-state index >= 15 is 0 Å². The van der Waals surface area contributed by atoms with Crippen molar-refractivity contribution in [3.63, 3.8) is 0 Å². The third kappa shape index (κ3) is 2.92. The van der Waals surface area contributed by atoms with Crippen molar-refractivity contribution in [3.05, 3.63) is 57.8 Å². The second-order valence-electron chi connectivity index (χ2n) is 4.74. The van der Waals surface area contributed by atoms with E-state index in [1.54, 1.807) is 0 Å². The molecule has 3 aromatic rings. The van der Waals surface area contributed by atoms with Crippen molar-refractivity contribution in [1.82, 2.24) is 9.55 Å². The van der Waals surface area contributed by atoms with Gasteiger partial charge in [-0.15, -0.1) is 0 Å². The molecule has 3 nitrogen and oxygen atoms in total. The highest BCUT2D eigenvalue weighted by Gasteiger charge is 2.09. The predicted octanol–water partition coefficient (Wildman–Crippen LogP) is 5.08. The molecule has 1 heterocycles. The van der Waals surface area contributed by atoms with Crippen LogP contribution in [0.3, 0.4) is 0 Å². The van der Waals surface area contributed by atoms with Gasteiger partial charge in [0.25, 0.3) is 0 Å². The van der Waals surface area contributed by atoms with Crippen LogP contribution in [0.4, 0.5) is 5.69 Å². The Hall–Kier alpha value is -1.52. The first kappa shape index (κ1) is 14.4. The third-order valence-corrected chi connectivity index (χ3v) is 4.22. The Morgan fingerprint density at radius 1 is 1.24 bits per heavy atom. The van der Waals surface area contributed by atoms with E-state index in [1.807, 2.05) is 36.4 Å². The quantitative estimate of drug-likeness (QED) is 0.699. The van der Waals surface area contributed by atoms with Gasteiger partial charge in [0.15, 0.2) is 0 Å². The number of hydrogen-bond acceptors (Lipinski definition) is 2. The van der Waals surface area contributed by atoms with Crippen molar-refractivity contribution < 1.29 is 0 Å². The van der Waals surface area contributed by atoms with E-state index in [0.717, 1.165) is 28.0 Å². The second-order valence-corrected chi connectivity index (χ2v) is 6.06. The summed E-state index contributed by atoms with van der Waals surface area (Å²) in [5.41, 5.74) is 3.10. The van der Waals surface area contributed by atoms with E-state index in [9.17, 15) is 0 Å². The highest BCUT2D eigenvalue weighted by Crippen LogP contribution is 2.26. The Kier molecular flexibility index (Phi) is 4.17. The van der Waals surface area contributed by atoms with Crippen molar-refractivity contribution in [1.29, 1.82) is 0 Å². The van der Waals surface area contributed by atoms with Crippen LogP contribution in [0, 0.1) is 0 Å². The molecule has 0 saturated carbocycles. The molecule has 108 valence electrons. The molecule has 0 bridgehead atoms. The number of aryl methyl sites for hydroxylation is 1. The summed E-state index contributed by atoms with van der Waals surface area (Å²) in [5, 5.41) is 4.05. The number of fused-ring (bicyclic) bond motifs is 1. The molecule has 0 unspecified atom stereocenters. The van der Waals surface area contributed by atoms with Crippen LogP contribution in [0.5, 0.6) is 0 Å². The number of aromatic nitrogens is 2. The Morgan fingerprint density at radius 3 is 2.81 bits per heavy atom. The van der Waals surface area contributed by atoms with Gasteiger partial charge in [-0.3, -0.25) is 0 Å². The average Bonchev–Trinajstić information content (AvgIpc) is 2.83. The molecular formula is C16H15BrClN3. The summed E-state index contributed by atoms with van der Waals surface area (Å²) in [4.78, 5) is 4.69. The maximum Gasteiger partial charge on any atom is 0.129 e. The molecule has 0 atom stereocenters. The van der Waals surface area contributed by atoms with Crippen LogP contribution in [0.2, 0.25) is 5.02 Å². The van der Waals surface area contributed by atoms with Crippen LogP contribution in [-0.4, -0.2) is 9.55 Å². The number of para-hydroxylation sites is 2. The molecular weight excluding hydrogens is 350 g/mol. The number of hydrogen-bond donors (Lipinski definition) is 1. The summed E-state index contributed by atoms with van der Waals surface area (Å²) in [5.74, 6) is 1.01. The molecule has 1 aromatic heterocycles. The van der Waals surface area contributed by atoms with Gasteiger partial charge < -0.3 is 9.88 Å². The van der Waals surface area contributed by atoms with Gasteiger partial charge in [-0.2, -0.15) is 0 Å². The van der Waals surface area contributed by atoms with Crippen molar-refractivity contribution in [2.45, 2.75) is 20.0 Å². The number of nitrogens with one attached hydrogen (secondary N) is 1. The molecule has 21 heavy (non-hydrogen) atoms. The van der Waals surface area contributed by atoms with Crippen LogP contribution < -0.4 is 5.32 Å². The third-order valence-electron chi connectivity index (χ3n) is 3.42. The molecule has 2 aromatic carbocycles. The number of rotatable bonds is 4. The molecule has 0 aliphatic heterocycles. The summed E-state index contributed by atoms with van der Waals surface area (Å²) in [6, 6.07) is 14.0. The molecule has 1 N–H and O–H groups in total. The largest absolute Gasteiger partial charge is 0.377 e. The molecule has 0 aliphatic carbocycles. The van der Waals surface area contributed by atoms with Gasteiger partial charge in [-0.05, 0) is 37.3 Å². The number of anilines is 1. The number of benzene rings is 2. The lowest BCUT2D eigenvalue weighted by Gasteiger charge is -2.10. The molecule has 3 rings (SSSR count). The minimum absolute atomic E-state index is 0.643. The maximum absolute atomic E-state index is 6.23. The first-order valence-electron chi connectivity index (χ1n) is 6.82.